The first-order chi connectivity index (χ1) is 9.57. The summed E-state index contributed by atoms with van der Waals surface area (Å²) in [5.74, 6) is 1.78. The molecule has 0 saturated carbocycles. The van der Waals surface area contributed by atoms with E-state index in [9.17, 15) is 0 Å². The second-order valence-corrected chi connectivity index (χ2v) is 5.66. The topological polar surface area (TPSA) is 30.5 Å². The van der Waals surface area contributed by atoms with E-state index in [4.69, 9.17) is 9.47 Å². The molecule has 1 N–H and O–H groups in total. The third-order valence-corrected chi connectivity index (χ3v) is 3.47. The number of benzene rings is 2. The second-order valence-electron chi connectivity index (χ2n) is 5.66. The molecule has 0 aliphatic carbocycles. The lowest BCUT2D eigenvalue weighted by Crippen LogP contribution is -2.39. The summed E-state index contributed by atoms with van der Waals surface area (Å²) in [6.45, 7) is 4.97. The van der Waals surface area contributed by atoms with Gasteiger partial charge in [0.05, 0.1) is 19.3 Å². The quantitative estimate of drug-likeness (QED) is 0.895. The molecule has 3 heteroatoms. The van der Waals surface area contributed by atoms with Crippen molar-refractivity contribution in [3.63, 3.8) is 0 Å². The standard InChI is InChI=1S/C17H19NO2/c1-17(2)11-18-15-10-13(7-8-16(15)20-17)12-5-4-6-14(9-12)19-3/h4-10,18H,11H2,1-3H3. The van der Waals surface area contributed by atoms with Crippen molar-refractivity contribution in [2.75, 3.05) is 19.0 Å². The van der Waals surface area contributed by atoms with Gasteiger partial charge in [0.2, 0.25) is 0 Å². The average molecular weight is 269 g/mol. The molecule has 104 valence electrons. The highest BCUT2D eigenvalue weighted by atomic mass is 16.5. The van der Waals surface area contributed by atoms with Crippen LogP contribution in [-0.4, -0.2) is 19.3 Å². The van der Waals surface area contributed by atoms with Gasteiger partial charge in [-0.05, 0) is 49.2 Å². The lowest BCUT2D eigenvalue weighted by Gasteiger charge is -2.33. The molecule has 0 spiro atoms. The van der Waals surface area contributed by atoms with E-state index in [1.54, 1.807) is 7.11 Å². The minimum atomic E-state index is -0.162. The molecule has 0 aromatic heterocycles. The molecule has 0 fully saturated rings. The Kier molecular flexibility index (Phi) is 3.05. The van der Waals surface area contributed by atoms with Gasteiger partial charge >= 0.3 is 0 Å². The summed E-state index contributed by atoms with van der Waals surface area (Å²) in [7, 11) is 1.68. The van der Waals surface area contributed by atoms with E-state index in [1.807, 2.05) is 24.3 Å². The lowest BCUT2D eigenvalue weighted by atomic mass is 10.0. The predicted octanol–water partition coefficient (Wildman–Crippen LogP) is 3.95. The highest BCUT2D eigenvalue weighted by Crippen LogP contribution is 2.36. The lowest BCUT2D eigenvalue weighted by molar-refractivity contribution is 0.116. The van der Waals surface area contributed by atoms with Crippen LogP contribution < -0.4 is 14.8 Å². The molecule has 0 atom stereocenters. The van der Waals surface area contributed by atoms with Crippen LogP contribution in [0.1, 0.15) is 13.8 Å². The molecule has 1 aliphatic heterocycles. The summed E-state index contributed by atoms with van der Waals surface area (Å²) in [6.07, 6.45) is 0. The Morgan fingerprint density at radius 1 is 1.10 bits per heavy atom. The molecule has 0 unspecified atom stereocenters. The number of methoxy groups -OCH3 is 1. The van der Waals surface area contributed by atoms with Gasteiger partial charge in [0, 0.05) is 0 Å². The zero-order valence-corrected chi connectivity index (χ0v) is 12.1. The fraction of sp³-hybridized carbons (Fsp3) is 0.294. The van der Waals surface area contributed by atoms with Crippen LogP contribution in [0.25, 0.3) is 11.1 Å². The van der Waals surface area contributed by atoms with Gasteiger partial charge in [-0.15, -0.1) is 0 Å². The van der Waals surface area contributed by atoms with Gasteiger partial charge in [0.25, 0.3) is 0 Å². The summed E-state index contributed by atoms with van der Waals surface area (Å²) in [5.41, 5.74) is 3.17. The number of anilines is 1. The number of hydrogen-bond donors (Lipinski definition) is 1. The number of hydrogen-bond acceptors (Lipinski definition) is 3. The van der Waals surface area contributed by atoms with Gasteiger partial charge in [-0.2, -0.15) is 0 Å². The first-order valence-electron chi connectivity index (χ1n) is 6.79. The van der Waals surface area contributed by atoms with Crippen molar-refractivity contribution in [3.05, 3.63) is 42.5 Å². The van der Waals surface area contributed by atoms with Gasteiger partial charge < -0.3 is 14.8 Å². The highest BCUT2D eigenvalue weighted by molar-refractivity contribution is 5.73. The summed E-state index contributed by atoms with van der Waals surface area (Å²) in [4.78, 5) is 0. The molecule has 1 aliphatic rings. The van der Waals surface area contributed by atoms with E-state index in [1.165, 1.54) is 0 Å². The molecule has 3 nitrogen and oxygen atoms in total. The van der Waals surface area contributed by atoms with Crippen LogP contribution in [0.4, 0.5) is 5.69 Å². The molecular formula is C17H19NO2. The van der Waals surface area contributed by atoms with Crippen LogP contribution in [-0.2, 0) is 0 Å². The molecule has 20 heavy (non-hydrogen) atoms. The molecule has 1 heterocycles. The van der Waals surface area contributed by atoms with Gasteiger partial charge in [0.1, 0.15) is 17.1 Å². The van der Waals surface area contributed by atoms with E-state index < -0.39 is 0 Å². The average Bonchev–Trinajstić information content (AvgIpc) is 2.46. The summed E-state index contributed by atoms with van der Waals surface area (Å²) in [6, 6.07) is 14.3. The number of rotatable bonds is 2. The molecule has 2 aromatic carbocycles. The van der Waals surface area contributed by atoms with Crippen molar-refractivity contribution < 1.29 is 9.47 Å². The van der Waals surface area contributed by atoms with Crippen LogP contribution in [0.3, 0.4) is 0 Å². The van der Waals surface area contributed by atoms with Crippen molar-refractivity contribution in [2.45, 2.75) is 19.4 Å². The van der Waals surface area contributed by atoms with Crippen LogP contribution in [0.2, 0.25) is 0 Å². The molecule has 2 aromatic rings. The smallest absolute Gasteiger partial charge is 0.143 e. The van der Waals surface area contributed by atoms with E-state index in [2.05, 4.69) is 37.4 Å². The third-order valence-electron chi connectivity index (χ3n) is 3.47. The first-order valence-corrected chi connectivity index (χ1v) is 6.79. The predicted molar refractivity (Wildman–Crippen MR) is 81.6 cm³/mol. The Morgan fingerprint density at radius 2 is 1.90 bits per heavy atom. The number of ether oxygens (including phenoxy) is 2. The van der Waals surface area contributed by atoms with Crippen molar-refractivity contribution in [1.29, 1.82) is 0 Å². The van der Waals surface area contributed by atoms with Crippen LogP contribution >= 0.6 is 0 Å². The van der Waals surface area contributed by atoms with Gasteiger partial charge in [-0.1, -0.05) is 18.2 Å². The summed E-state index contributed by atoms with van der Waals surface area (Å²) >= 11 is 0. The van der Waals surface area contributed by atoms with Crippen molar-refractivity contribution >= 4 is 5.69 Å². The van der Waals surface area contributed by atoms with Crippen molar-refractivity contribution in [2.24, 2.45) is 0 Å². The Bertz CT molecular complexity index is 635. The summed E-state index contributed by atoms with van der Waals surface area (Å²) < 4.78 is 11.2. The maximum atomic E-state index is 5.97. The maximum absolute atomic E-state index is 5.97. The molecule has 0 bridgehead atoms. The molecular weight excluding hydrogens is 250 g/mol. The Labute approximate surface area is 119 Å². The fourth-order valence-electron chi connectivity index (χ4n) is 2.38. The maximum Gasteiger partial charge on any atom is 0.143 e. The van der Waals surface area contributed by atoms with E-state index in [0.29, 0.717) is 0 Å². The van der Waals surface area contributed by atoms with Crippen LogP contribution in [0, 0.1) is 0 Å². The Balaban J connectivity index is 1.96. The first kappa shape index (κ1) is 12.9. The zero-order chi connectivity index (χ0) is 14.2. The normalized spacial score (nSPS) is 15.8. The third kappa shape index (κ3) is 2.44. The highest BCUT2D eigenvalue weighted by Gasteiger charge is 2.26. The van der Waals surface area contributed by atoms with Crippen LogP contribution in [0.15, 0.2) is 42.5 Å². The molecule has 3 rings (SSSR count). The van der Waals surface area contributed by atoms with E-state index >= 15 is 0 Å². The number of nitrogens with one attached hydrogen (secondary N) is 1. The van der Waals surface area contributed by atoms with Crippen molar-refractivity contribution in [1.82, 2.24) is 0 Å². The minimum Gasteiger partial charge on any atom is -0.497 e. The summed E-state index contributed by atoms with van der Waals surface area (Å²) in [5, 5.41) is 3.44. The monoisotopic (exact) mass is 269 g/mol. The zero-order valence-electron chi connectivity index (χ0n) is 12.1. The SMILES string of the molecule is COc1cccc(-c2ccc3c(c2)NCC(C)(C)O3)c1. The van der Waals surface area contributed by atoms with E-state index in [-0.39, 0.29) is 5.60 Å². The molecule has 0 amide bonds. The Morgan fingerprint density at radius 3 is 2.70 bits per heavy atom. The van der Waals surface area contributed by atoms with E-state index in [0.717, 1.165) is 34.9 Å². The minimum absolute atomic E-state index is 0.162. The van der Waals surface area contributed by atoms with Gasteiger partial charge in [0.15, 0.2) is 0 Å². The molecule has 0 saturated heterocycles. The largest absolute Gasteiger partial charge is 0.497 e. The van der Waals surface area contributed by atoms with Gasteiger partial charge in [-0.3, -0.25) is 0 Å². The fourth-order valence-corrected chi connectivity index (χ4v) is 2.38. The van der Waals surface area contributed by atoms with Gasteiger partial charge in [-0.25, -0.2) is 0 Å². The van der Waals surface area contributed by atoms with Crippen molar-refractivity contribution in [3.8, 4) is 22.6 Å². The molecule has 0 radical (unpaired) electrons. The Hall–Kier alpha value is -2.16. The van der Waals surface area contributed by atoms with Crippen LogP contribution in [0.5, 0.6) is 11.5 Å². The number of fused-ring (bicyclic) bond motifs is 1. The second kappa shape index (κ2) is 4.75.